The topological polar surface area (TPSA) is 78.9 Å². The molecule has 0 aromatic heterocycles. The maximum atomic E-state index is 13.1. The van der Waals surface area contributed by atoms with E-state index in [9.17, 15) is 14.7 Å². The molecule has 0 heterocycles. The molecule has 0 aliphatic carbocycles. The second-order valence-corrected chi connectivity index (χ2v) is 10.7. The number of para-hydroxylation sites is 1. The van der Waals surface area contributed by atoms with Gasteiger partial charge in [0.15, 0.2) is 5.78 Å². The maximum absolute atomic E-state index is 13.1. The SMILES string of the molecule is Cc1cccc(N(CCOc2ccc(C[C@H](Nc3ccccc3C(=O)c3ccccc3)C(=O)O)cc2)Cc2ccccc2)c1. The van der Waals surface area contributed by atoms with Crippen LogP contribution < -0.4 is 15.0 Å². The Hall–Kier alpha value is -5.36. The van der Waals surface area contributed by atoms with Gasteiger partial charge in [0.2, 0.25) is 0 Å². The summed E-state index contributed by atoms with van der Waals surface area (Å²) in [5, 5.41) is 13.1. The highest BCUT2D eigenvalue weighted by atomic mass is 16.5. The number of carboxylic acid groups (broad SMARTS) is 1. The molecule has 0 aliphatic rings. The minimum atomic E-state index is -0.998. The lowest BCUT2D eigenvalue weighted by atomic mass is 10.00. The molecule has 0 saturated heterocycles. The van der Waals surface area contributed by atoms with E-state index in [1.54, 1.807) is 36.4 Å². The third kappa shape index (κ3) is 8.13. The Kier molecular flexibility index (Phi) is 10.1. The predicted octanol–water partition coefficient (Wildman–Crippen LogP) is 7.42. The van der Waals surface area contributed by atoms with Crippen LogP contribution in [0, 0.1) is 6.92 Å². The molecule has 0 unspecified atom stereocenters. The number of carbonyl (C=O) groups excluding carboxylic acids is 1. The summed E-state index contributed by atoms with van der Waals surface area (Å²) in [7, 11) is 0. The zero-order valence-corrected chi connectivity index (χ0v) is 24.7. The van der Waals surface area contributed by atoms with Crippen LogP contribution in [0.4, 0.5) is 11.4 Å². The van der Waals surface area contributed by atoms with Gasteiger partial charge in [0, 0.05) is 35.5 Å². The van der Waals surface area contributed by atoms with E-state index in [2.05, 4.69) is 65.7 Å². The van der Waals surface area contributed by atoms with Gasteiger partial charge in [0.05, 0.1) is 6.54 Å². The second-order valence-electron chi connectivity index (χ2n) is 10.7. The first kappa shape index (κ1) is 30.1. The number of nitrogens with one attached hydrogen (secondary N) is 1. The molecular weight excluding hydrogens is 548 g/mol. The van der Waals surface area contributed by atoms with Crippen LogP contribution in [0.25, 0.3) is 0 Å². The molecule has 44 heavy (non-hydrogen) atoms. The monoisotopic (exact) mass is 584 g/mol. The first-order valence-corrected chi connectivity index (χ1v) is 14.7. The zero-order chi connectivity index (χ0) is 30.7. The van der Waals surface area contributed by atoms with Gasteiger partial charge in [-0.2, -0.15) is 0 Å². The lowest BCUT2D eigenvalue weighted by Gasteiger charge is -2.25. The van der Waals surface area contributed by atoms with Crippen molar-refractivity contribution in [3.63, 3.8) is 0 Å². The van der Waals surface area contributed by atoms with Crippen LogP contribution in [-0.4, -0.2) is 36.1 Å². The highest BCUT2D eigenvalue weighted by Crippen LogP contribution is 2.23. The largest absolute Gasteiger partial charge is 0.492 e. The molecule has 0 spiro atoms. The first-order valence-electron chi connectivity index (χ1n) is 14.7. The van der Waals surface area contributed by atoms with E-state index in [0.717, 1.165) is 23.5 Å². The average molecular weight is 585 g/mol. The molecule has 5 aromatic carbocycles. The number of benzene rings is 5. The Bertz CT molecular complexity index is 1670. The summed E-state index contributed by atoms with van der Waals surface area (Å²) in [5.41, 5.74) is 5.89. The van der Waals surface area contributed by atoms with E-state index in [-0.39, 0.29) is 12.2 Å². The summed E-state index contributed by atoms with van der Waals surface area (Å²) in [6, 6.07) is 41.4. The van der Waals surface area contributed by atoms with Crippen LogP contribution in [0.2, 0.25) is 0 Å². The number of carboxylic acids is 1. The van der Waals surface area contributed by atoms with Crippen LogP contribution in [0.15, 0.2) is 133 Å². The third-order valence-corrected chi connectivity index (χ3v) is 7.41. The normalized spacial score (nSPS) is 11.4. The number of hydrogen-bond donors (Lipinski definition) is 2. The molecule has 5 aromatic rings. The van der Waals surface area contributed by atoms with Crippen molar-refractivity contribution in [2.24, 2.45) is 0 Å². The summed E-state index contributed by atoms with van der Waals surface area (Å²) < 4.78 is 6.10. The van der Waals surface area contributed by atoms with Crippen molar-refractivity contribution in [1.82, 2.24) is 0 Å². The van der Waals surface area contributed by atoms with Gasteiger partial charge in [-0.05, 0) is 60.0 Å². The maximum Gasteiger partial charge on any atom is 0.326 e. The molecule has 0 fully saturated rings. The standard InChI is InChI=1S/C38H36N2O4/c1-28-11-10-16-32(25-28)40(27-30-12-4-2-5-13-30)23-24-44-33-21-19-29(20-22-33)26-36(38(42)43)39-35-18-9-8-17-34(35)37(41)31-14-6-3-7-15-31/h2-22,25,36,39H,23-24,26-27H2,1H3,(H,42,43)/t36-/m0/s1. The van der Waals surface area contributed by atoms with Crippen molar-refractivity contribution in [3.05, 3.63) is 161 Å². The van der Waals surface area contributed by atoms with Crippen molar-refractivity contribution in [1.29, 1.82) is 0 Å². The lowest BCUT2D eigenvalue weighted by Crippen LogP contribution is -2.32. The van der Waals surface area contributed by atoms with E-state index in [4.69, 9.17) is 4.74 Å². The molecule has 2 N–H and O–H groups in total. The fraction of sp³-hybridized carbons (Fsp3) is 0.158. The molecule has 0 bridgehead atoms. The van der Waals surface area contributed by atoms with Crippen LogP contribution in [0.5, 0.6) is 5.75 Å². The Morgan fingerprint density at radius 1 is 0.773 bits per heavy atom. The van der Waals surface area contributed by atoms with Gasteiger partial charge in [0.1, 0.15) is 18.4 Å². The number of ketones is 1. The van der Waals surface area contributed by atoms with E-state index in [0.29, 0.717) is 30.0 Å². The number of hydrogen-bond acceptors (Lipinski definition) is 5. The van der Waals surface area contributed by atoms with E-state index in [1.165, 1.54) is 11.1 Å². The van der Waals surface area contributed by atoms with Crippen molar-refractivity contribution in [2.45, 2.75) is 25.9 Å². The smallest absolute Gasteiger partial charge is 0.326 e. The fourth-order valence-electron chi connectivity index (χ4n) is 5.10. The van der Waals surface area contributed by atoms with E-state index in [1.807, 2.05) is 48.5 Å². The fourth-order valence-corrected chi connectivity index (χ4v) is 5.10. The molecular formula is C38H36N2O4. The number of aliphatic carboxylic acids is 1. The zero-order valence-electron chi connectivity index (χ0n) is 24.7. The van der Waals surface area contributed by atoms with E-state index >= 15 is 0 Å². The van der Waals surface area contributed by atoms with Gasteiger partial charge in [-0.25, -0.2) is 4.79 Å². The van der Waals surface area contributed by atoms with Gasteiger partial charge in [-0.15, -0.1) is 0 Å². The Morgan fingerprint density at radius 2 is 1.45 bits per heavy atom. The minimum absolute atomic E-state index is 0.163. The Labute approximate surface area is 258 Å². The Balaban J connectivity index is 1.21. The van der Waals surface area contributed by atoms with Crippen molar-refractivity contribution in [2.75, 3.05) is 23.4 Å². The van der Waals surface area contributed by atoms with Gasteiger partial charge in [-0.1, -0.05) is 97.1 Å². The Morgan fingerprint density at radius 3 is 2.16 bits per heavy atom. The third-order valence-electron chi connectivity index (χ3n) is 7.41. The summed E-state index contributed by atoms with van der Waals surface area (Å²) in [4.78, 5) is 27.7. The summed E-state index contributed by atoms with van der Waals surface area (Å²) in [6.45, 7) is 4.06. The van der Waals surface area contributed by atoms with Crippen LogP contribution >= 0.6 is 0 Å². The van der Waals surface area contributed by atoms with Gasteiger partial charge < -0.3 is 20.1 Å². The molecule has 5 rings (SSSR count). The highest BCUT2D eigenvalue weighted by molar-refractivity contribution is 6.12. The number of carbonyl (C=O) groups is 2. The minimum Gasteiger partial charge on any atom is -0.492 e. The molecule has 6 heteroatoms. The van der Waals surface area contributed by atoms with Crippen molar-refractivity contribution >= 4 is 23.1 Å². The van der Waals surface area contributed by atoms with E-state index < -0.39 is 12.0 Å². The molecule has 1 atom stereocenters. The second kappa shape index (κ2) is 14.7. The first-order chi connectivity index (χ1) is 21.5. The van der Waals surface area contributed by atoms with Crippen LogP contribution in [-0.2, 0) is 17.8 Å². The molecule has 222 valence electrons. The quantitative estimate of drug-likeness (QED) is 0.132. The van der Waals surface area contributed by atoms with Gasteiger partial charge in [0.25, 0.3) is 0 Å². The number of anilines is 2. The van der Waals surface area contributed by atoms with Crippen LogP contribution in [0.1, 0.15) is 32.6 Å². The number of ether oxygens (including phenoxy) is 1. The number of nitrogens with zero attached hydrogens (tertiary/aromatic N) is 1. The molecule has 0 radical (unpaired) electrons. The van der Waals surface area contributed by atoms with Crippen molar-refractivity contribution in [3.8, 4) is 5.75 Å². The molecule has 0 amide bonds. The highest BCUT2D eigenvalue weighted by Gasteiger charge is 2.21. The predicted molar refractivity (Wildman–Crippen MR) is 176 cm³/mol. The number of rotatable bonds is 14. The number of aryl methyl sites for hydroxylation is 1. The summed E-state index contributed by atoms with van der Waals surface area (Å²) >= 11 is 0. The summed E-state index contributed by atoms with van der Waals surface area (Å²) in [5.74, 6) is -0.442. The molecule has 6 nitrogen and oxygen atoms in total. The summed E-state index contributed by atoms with van der Waals surface area (Å²) in [6.07, 6.45) is 0.238. The van der Waals surface area contributed by atoms with Gasteiger partial charge >= 0.3 is 5.97 Å². The average Bonchev–Trinajstić information content (AvgIpc) is 3.05. The molecule has 0 saturated carbocycles. The lowest BCUT2D eigenvalue weighted by molar-refractivity contribution is -0.137. The van der Waals surface area contributed by atoms with Crippen molar-refractivity contribution < 1.29 is 19.4 Å². The molecule has 0 aliphatic heterocycles. The van der Waals surface area contributed by atoms with Gasteiger partial charge in [-0.3, -0.25) is 4.79 Å². The van der Waals surface area contributed by atoms with Crippen LogP contribution in [0.3, 0.4) is 0 Å².